The molecule has 0 saturated carbocycles. The first-order valence-electron chi connectivity index (χ1n) is 6.34. The van der Waals surface area contributed by atoms with E-state index in [1.165, 1.54) is 0 Å². The van der Waals surface area contributed by atoms with Gasteiger partial charge in [0.15, 0.2) is 0 Å². The fraction of sp³-hybridized carbons (Fsp3) is 0.200. The second-order valence-electron chi connectivity index (χ2n) is 4.65. The van der Waals surface area contributed by atoms with Gasteiger partial charge >= 0.3 is 0 Å². The van der Waals surface area contributed by atoms with Gasteiger partial charge in [-0.2, -0.15) is 0 Å². The van der Waals surface area contributed by atoms with Gasteiger partial charge in [0.2, 0.25) is 0 Å². The standard InChI is InChI=1S/C15H13IN2O2/c16-12-5-3-11(4-6-12)15(19)18-9-14(10-18)20-13-2-1-7-17-8-13/h1-8,14H,9-10H2. The predicted molar refractivity (Wildman–Crippen MR) is 83.7 cm³/mol. The number of carbonyl (C=O) groups excluding carboxylic acids is 1. The predicted octanol–water partition coefficient (Wildman–Crippen LogP) is 2.59. The topological polar surface area (TPSA) is 42.4 Å². The summed E-state index contributed by atoms with van der Waals surface area (Å²) < 4.78 is 6.85. The van der Waals surface area contributed by atoms with Crippen molar-refractivity contribution in [3.05, 3.63) is 57.9 Å². The van der Waals surface area contributed by atoms with Crippen LogP contribution >= 0.6 is 22.6 Å². The molecule has 0 atom stereocenters. The van der Waals surface area contributed by atoms with E-state index in [-0.39, 0.29) is 12.0 Å². The van der Waals surface area contributed by atoms with Crippen LogP contribution in [0.3, 0.4) is 0 Å². The molecule has 1 saturated heterocycles. The molecule has 5 heteroatoms. The first kappa shape index (κ1) is 13.4. The molecule has 3 rings (SSSR count). The first-order valence-corrected chi connectivity index (χ1v) is 7.42. The van der Waals surface area contributed by atoms with E-state index in [0.29, 0.717) is 13.1 Å². The van der Waals surface area contributed by atoms with E-state index >= 15 is 0 Å². The monoisotopic (exact) mass is 380 g/mol. The smallest absolute Gasteiger partial charge is 0.254 e. The third kappa shape index (κ3) is 2.92. The average Bonchev–Trinajstić information content (AvgIpc) is 2.44. The van der Waals surface area contributed by atoms with Crippen LogP contribution in [0.4, 0.5) is 0 Å². The highest BCUT2D eigenvalue weighted by atomic mass is 127. The Balaban J connectivity index is 1.55. The number of carbonyl (C=O) groups is 1. The molecule has 0 aliphatic carbocycles. The van der Waals surface area contributed by atoms with Crippen LogP contribution in [0.2, 0.25) is 0 Å². The van der Waals surface area contributed by atoms with E-state index in [1.807, 2.05) is 36.4 Å². The number of likely N-dealkylation sites (tertiary alicyclic amines) is 1. The summed E-state index contributed by atoms with van der Waals surface area (Å²) in [6.45, 7) is 1.25. The van der Waals surface area contributed by atoms with Crippen LogP contribution in [-0.2, 0) is 0 Å². The van der Waals surface area contributed by atoms with E-state index in [9.17, 15) is 4.79 Å². The van der Waals surface area contributed by atoms with E-state index < -0.39 is 0 Å². The van der Waals surface area contributed by atoms with Gasteiger partial charge in [-0.3, -0.25) is 9.78 Å². The Labute approximate surface area is 130 Å². The Kier molecular flexibility index (Phi) is 3.86. The van der Waals surface area contributed by atoms with Crippen molar-refractivity contribution in [2.45, 2.75) is 6.10 Å². The van der Waals surface area contributed by atoms with Gasteiger partial charge in [0.05, 0.1) is 19.3 Å². The number of halogens is 1. The Morgan fingerprint density at radius 1 is 1.25 bits per heavy atom. The maximum Gasteiger partial charge on any atom is 0.254 e. The fourth-order valence-electron chi connectivity index (χ4n) is 2.06. The Morgan fingerprint density at radius 3 is 2.65 bits per heavy atom. The maximum absolute atomic E-state index is 12.2. The summed E-state index contributed by atoms with van der Waals surface area (Å²) in [5.41, 5.74) is 0.727. The van der Waals surface area contributed by atoms with Crippen LogP contribution in [0, 0.1) is 3.57 Å². The van der Waals surface area contributed by atoms with Gasteiger partial charge in [-0.15, -0.1) is 0 Å². The molecule has 0 radical (unpaired) electrons. The molecular weight excluding hydrogens is 367 g/mol. The molecule has 1 fully saturated rings. The molecule has 0 bridgehead atoms. The lowest BCUT2D eigenvalue weighted by molar-refractivity contribution is 0.0176. The summed E-state index contributed by atoms with van der Waals surface area (Å²) in [6, 6.07) is 11.3. The van der Waals surface area contributed by atoms with E-state index in [4.69, 9.17) is 4.74 Å². The number of rotatable bonds is 3. The van der Waals surface area contributed by atoms with E-state index in [2.05, 4.69) is 27.6 Å². The van der Waals surface area contributed by atoms with Gasteiger partial charge in [-0.05, 0) is 59.0 Å². The van der Waals surface area contributed by atoms with Crippen LogP contribution in [-0.4, -0.2) is 35.0 Å². The summed E-state index contributed by atoms with van der Waals surface area (Å²) in [6.07, 6.45) is 3.45. The van der Waals surface area contributed by atoms with Crippen molar-refractivity contribution in [2.75, 3.05) is 13.1 Å². The Bertz CT molecular complexity index is 595. The molecule has 102 valence electrons. The number of ether oxygens (including phenoxy) is 1. The molecule has 0 unspecified atom stereocenters. The third-order valence-corrected chi connectivity index (χ3v) is 3.88. The summed E-state index contributed by atoms with van der Waals surface area (Å²) in [4.78, 5) is 18.0. The lowest BCUT2D eigenvalue weighted by Crippen LogP contribution is -2.56. The van der Waals surface area contributed by atoms with Crippen molar-refractivity contribution in [1.82, 2.24) is 9.88 Å². The second kappa shape index (κ2) is 5.78. The lowest BCUT2D eigenvalue weighted by Gasteiger charge is -2.38. The van der Waals surface area contributed by atoms with Gasteiger partial charge in [-0.25, -0.2) is 0 Å². The fourth-order valence-corrected chi connectivity index (χ4v) is 2.42. The molecule has 2 heterocycles. The zero-order valence-corrected chi connectivity index (χ0v) is 12.9. The van der Waals surface area contributed by atoms with Gasteiger partial charge in [0.1, 0.15) is 11.9 Å². The minimum absolute atomic E-state index is 0.0620. The van der Waals surface area contributed by atoms with Crippen molar-refractivity contribution < 1.29 is 9.53 Å². The molecule has 0 N–H and O–H groups in total. The van der Waals surface area contributed by atoms with Crippen LogP contribution in [0.1, 0.15) is 10.4 Å². The van der Waals surface area contributed by atoms with Crippen molar-refractivity contribution in [3.63, 3.8) is 0 Å². The van der Waals surface area contributed by atoms with E-state index in [1.54, 1.807) is 17.3 Å². The number of amides is 1. The molecule has 1 aromatic heterocycles. The average molecular weight is 380 g/mol. The summed E-state index contributed by atoms with van der Waals surface area (Å²) >= 11 is 2.23. The van der Waals surface area contributed by atoms with E-state index in [0.717, 1.165) is 14.9 Å². The van der Waals surface area contributed by atoms with Gasteiger partial charge < -0.3 is 9.64 Å². The molecule has 1 aromatic carbocycles. The molecule has 0 spiro atoms. The molecule has 20 heavy (non-hydrogen) atoms. The number of hydrogen-bond donors (Lipinski definition) is 0. The molecule has 1 aliphatic rings. The Hall–Kier alpha value is -1.63. The van der Waals surface area contributed by atoms with Crippen LogP contribution in [0.25, 0.3) is 0 Å². The maximum atomic E-state index is 12.2. The number of nitrogens with zero attached hydrogens (tertiary/aromatic N) is 2. The molecule has 1 aliphatic heterocycles. The van der Waals surface area contributed by atoms with Gasteiger partial charge in [-0.1, -0.05) is 0 Å². The zero-order chi connectivity index (χ0) is 13.9. The summed E-state index contributed by atoms with van der Waals surface area (Å²) in [5, 5.41) is 0. The van der Waals surface area contributed by atoms with Crippen LogP contribution in [0.5, 0.6) is 5.75 Å². The number of benzene rings is 1. The molecule has 2 aromatic rings. The molecule has 1 amide bonds. The zero-order valence-electron chi connectivity index (χ0n) is 10.7. The minimum Gasteiger partial charge on any atom is -0.485 e. The summed E-state index contributed by atoms with van der Waals surface area (Å²) in [7, 11) is 0. The van der Waals surface area contributed by atoms with Crippen molar-refractivity contribution in [2.24, 2.45) is 0 Å². The first-order chi connectivity index (χ1) is 9.72. The van der Waals surface area contributed by atoms with Crippen LogP contribution in [0.15, 0.2) is 48.8 Å². The largest absolute Gasteiger partial charge is 0.485 e. The van der Waals surface area contributed by atoms with Crippen molar-refractivity contribution >= 4 is 28.5 Å². The van der Waals surface area contributed by atoms with Gasteiger partial charge in [0.25, 0.3) is 5.91 Å². The highest BCUT2D eigenvalue weighted by Crippen LogP contribution is 2.19. The Morgan fingerprint density at radius 2 is 2.00 bits per heavy atom. The quantitative estimate of drug-likeness (QED) is 0.769. The normalized spacial score (nSPS) is 14.8. The van der Waals surface area contributed by atoms with Crippen molar-refractivity contribution in [1.29, 1.82) is 0 Å². The SMILES string of the molecule is O=C(c1ccc(I)cc1)N1CC(Oc2cccnc2)C1. The molecular formula is C15H13IN2O2. The van der Waals surface area contributed by atoms with Crippen LogP contribution < -0.4 is 4.74 Å². The molecule has 4 nitrogen and oxygen atoms in total. The van der Waals surface area contributed by atoms with Gasteiger partial charge in [0, 0.05) is 15.3 Å². The third-order valence-electron chi connectivity index (χ3n) is 3.16. The van der Waals surface area contributed by atoms with Crippen molar-refractivity contribution in [3.8, 4) is 5.75 Å². The lowest BCUT2D eigenvalue weighted by atomic mass is 10.1. The summed E-state index contributed by atoms with van der Waals surface area (Å²) in [5.74, 6) is 0.811. The highest BCUT2D eigenvalue weighted by Gasteiger charge is 2.32. The highest BCUT2D eigenvalue weighted by molar-refractivity contribution is 14.1. The number of aromatic nitrogens is 1. The minimum atomic E-state index is 0.0620. The second-order valence-corrected chi connectivity index (χ2v) is 5.89. The number of hydrogen-bond acceptors (Lipinski definition) is 3. The number of pyridine rings is 1.